The summed E-state index contributed by atoms with van der Waals surface area (Å²) >= 11 is 0. The molecule has 168 valence electrons. The van der Waals surface area contributed by atoms with E-state index in [1.54, 1.807) is 12.4 Å². The van der Waals surface area contributed by atoms with E-state index in [9.17, 15) is 4.79 Å². The Morgan fingerprint density at radius 1 is 0.903 bits per heavy atom. The Morgan fingerprint density at radius 2 is 1.68 bits per heavy atom. The van der Waals surface area contributed by atoms with Crippen LogP contribution in [0.5, 0.6) is 5.75 Å². The lowest BCUT2D eigenvalue weighted by Crippen LogP contribution is -2.04. The average Bonchev–Trinajstić information content (AvgIpc) is 2.79. The number of hydrogen-bond acceptors (Lipinski definition) is 5. The van der Waals surface area contributed by atoms with Crippen molar-refractivity contribution in [1.29, 1.82) is 0 Å². The molecule has 0 saturated heterocycles. The summed E-state index contributed by atoms with van der Waals surface area (Å²) in [6, 6.07) is 8.34. The number of aromatic nitrogens is 2. The SMILES string of the molecule is CCCCC/C=C/C(=O)Oc1cnc(-c2ccc(CCCCCOCCC)cc2)nc1. The van der Waals surface area contributed by atoms with Crippen LogP contribution >= 0.6 is 0 Å². The van der Waals surface area contributed by atoms with Gasteiger partial charge in [0.15, 0.2) is 11.6 Å². The van der Waals surface area contributed by atoms with Gasteiger partial charge in [0.25, 0.3) is 0 Å². The summed E-state index contributed by atoms with van der Waals surface area (Å²) < 4.78 is 10.8. The molecule has 0 radical (unpaired) electrons. The second-order valence-electron chi connectivity index (χ2n) is 7.68. The third kappa shape index (κ3) is 10.4. The predicted molar refractivity (Wildman–Crippen MR) is 125 cm³/mol. The van der Waals surface area contributed by atoms with Crippen molar-refractivity contribution in [3.05, 3.63) is 54.4 Å². The van der Waals surface area contributed by atoms with Crippen molar-refractivity contribution in [2.45, 2.75) is 71.6 Å². The van der Waals surface area contributed by atoms with E-state index < -0.39 is 5.97 Å². The summed E-state index contributed by atoms with van der Waals surface area (Å²) in [7, 11) is 0. The van der Waals surface area contributed by atoms with E-state index in [0.717, 1.165) is 50.9 Å². The number of ether oxygens (including phenoxy) is 2. The van der Waals surface area contributed by atoms with Crippen LogP contribution in [0.25, 0.3) is 11.4 Å². The lowest BCUT2D eigenvalue weighted by atomic mass is 10.0. The summed E-state index contributed by atoms with van der Waals surface area (Å²) in [5.41, 5.74) is 2.26. The molecule has 0 saturated carbocycles. The molecule has 5 heteroatoms. The van der Waals surface area contributed by atoms with Crippen molar-refractivity contribution in [3.63, 3.8) is 0 Å². The van der Waals surface area contributed by atoms with Crippen LogP contribution in [-0.2, 0) is 16.0 Å². The molecule has 0 fully saturated rings. The van der Waals surface area contributed by atoms with Gasteiger partial charge in [-0.2, -0.15) is 0 Å². The standard InChI is InChI=1S/C26H36N2O3/c1-3-5-6-7-10-13-25(29)31-24-20-27-26(28-21-24)23-16-14-22(15-17-23)12-9-8-11-19-30-18-4-2/h10,13-17,20-21H,3-9,11-12,18-19H2,1-2H3/b13-10+. The molecular formula is C26H36N2O3. The van der Waals surface area contributed by atoms with Gasteiger partial charge < -0.3 is 9.47 Å². The van der Waals surface area contributed by atoms with Crippen LogP contribution in [0.4, 0.5) is 0 Å². The molecule has 0 atom stereocenters. The molecule has 5 nitrogen and oxygen atoms in total. The van der Waals surface area contributed by atoms with Gasteiger partial charge >= 0.3 is 5.97 Å². The van der Waals surface area contributed by atoms with Crippen LogP contribution < -0.4 is 4.74 Å². The number of hydrogen-bond donors (Lipinski definition) is 0. The molecule has 0 unspecified atom stereocenters. The Morgan fingerprint density at radius 3 is 2.39 bits per heavy atom. The monoisotopic (exact) mass is 424 g/mol. The van der Waals surface area contributed by atoms with Crippen LogP contribution in [0.15, 0.2) is 48.8 Å². The number of esters is 1. The van der Waals surface area contributed by atoms with Gasteiger partial charge in [0.1, 0.15) is 0 Å². The van der Waals surface area contributed by atoms with Crippen LogP contribution in [0.1, 0.15) is 70.8 Å². The van der Waals surface area contributed by atoms with Gasteiger partial charge in [-0.15, -0.1) is 0 Å². The van der Waals surface area contributed by atoms with E-state index in [0.29, 0.717) is 11.6 Å². The Kier molecular flexibility index (Phi) is 12.2. The van der Waals surface area contributed by atoms with Crippen LogP contribution in [0.2, 0.25) is 0 Å². The average molecular weight is 425 g/mol. The van der Waals surface area contributed by atoms with Crippen molar-refractivity contribution in [2.24, 2.45) is 0 Å². The molecule has 1 heterocycles. The van der Waals surface area contributed by atoms with Crippen LogP contribution in [0, 0.1) is 0 Å². The summed E-state index contributed by atoms with van der Waals surface area (Å²) in [6.07, 6.45) is 16.3. The third-order valence-corrected chi connectivity index (χ3v) is 4.89. The largest absolute Gasteiger partial charge is 0.420 e. The van der Waals surface area contributed by atoms with Gasteiger partial charge in [-0.3, -0.25) is 0 Å². The molecule has 0 N–H and O–H groups in total. The fourth-order valence-electron chi connectivity index (χ4n) is 3.14. The summed E-state index contributed by atoms with van der Waals surface area (Å²) in [6.45, 7) is 6.02. The summed E-state index contributed by atoms with van der Waals surface area (Å²) in [4.78, 5) is 20.5. The van der Waals surface area contributed by atoms with Gasteiger partial charge in [0.05, 0.1) is 12.4 Å². The smallest absolute Gasteiger partial charge is 0.335 e. The highest BCUT2D eigenvalue weighted by Gasteiger charge is 2.05. The maximum Gasteiger partial charge on any atom is 0.335 e. The summed E-state index contributed by atoms with van der Waals surface area (Å²) in [5, 5.41) is 0. The van der Waals surface area contributed by atoms with E-state index in [-0.39, 0.29) is 0 Å². The predicted octanol–water partition coefficient (Wildman–Crippen LogP) is 6.32. The Balaban J connectivity index is 1.75. The van der Waals surface area contributed by atoms with Crippen LogP contribution in [0.3, 0.4) is 0 Å². The van der Waals surface area contributed by atoms with Gasteiger partial charge in [-0.1, -0.05) is 63.5 Å². The van der Waals surface area contributed by atoms with Crippen molar-refractivity contribution in [2.75, 3.05) is 13.2 Å². The van der Waals surface area contributed by atoms with E-state index in [1.807, 2.05) is 18.2 Å². The number of benzene rings is 1. The first-order valence-electron chi connectivity index (χ1n) is 11.6. The molecule has 1 aromatic carbocycles. The highest BCUT2D eigenvalue weighted by atomic mass is 16.5. The number of allylic oxidation sites excluding steroid dienone is 1. The molecule has 0 amide bonds. The molecule has 1 aromatic heterocycles. The zero-order valence-electron chi connectivity index (χ0n) is 19.0. The van der Waals surface area contributed by atoms with Crippen molar-refractivity contribution >= 4 is 5.97 Å². The van der Waals surface area contributed by atoms with Crippen molar-refractivity contribution in [1.82, 2.24) is 9.97 Å². The third-order valence-electron chi connectivity index (χ3n) is 4.89. The van der Waals surface area contributed by atoms with Gasteiger partial charge in [-0.25, -0.2) is 14.8 Å². The fourth-order valence-corrected chi connectivity index (χ4v) is 3.14. The number of aryl methyl sites for hydroxylation is 1. The Hall–Kier alpha value is -2.53. The lowest BCUT2D eigenvalue weighted by Gasteiger charge is -2.05. The molecule has 0 aliphatic heterocycles. The normalized spacial score (nSPS) is 11.2. The van der Waals surface area contributed by atoms with Gasteiger partial charge in [-0.05, 0) is 44.1 Å². The maximum absolute atomic E-state index is 11.8. The molecule has 0 aliphatic carbocycles. The van der Waals surface area contributed by atoms with E-state index in [2.05, 4.69) is 35.9 Å². The molecular weight excluding hydrogens is 388 g/mol. The van der Waals surface area contributed by atoms with E-state index >= 15 is 0 Å². The Labute approximate surface area is 186 Å². The molecule has 2 rings (SSSR count). The lowest BCUT2D eigenvalue weighted by molar-refractivity contribution is -0.129. The molecule has 0 aliphatic rings. The van der Waals surface area contributed by atoms with Gasteiger partial charge in [0.2, 0.25) is 0 Å². The number of carbonyl (C=O) groups is 1. The minimum Gasteiger partial charge on any atom is -0.420 e. The maximum atomic E-state index is 11.8. The molecule has 31 heavy (non-hydrogen) atoms. The highest BCUT2D eigenvalue weighted by molar-refractivity contribution is 5.83. The van der Waals surface area contributed by atoms with Gasteiger partial charge in [0, 0.05) is 24.9 Å². The number of nitrogens with zero attached hydrogens (tertiary/aromatic N) is 2. The minimum absolute atomic E-state index is 0.353. The van der Waals surface area contributed by atoms with Crippen molar-refractivity contribution < 1.29 is 14.3 Å². The second kappa shape index (κ2) is 15.3. The minimum atomic E-state index is -0.394. The highest BCUT2D eigenvalue weighted by Crippen LogP contribution is 2.18. The number of rotatable bonds is 15. The molecule has 0 bridgehead atoms. The zero-order valence-corrected chi connectivity index (χ0v) is 19.0. The topological polar surface area (TPSA) is 61.3 Å². The first-order valence-corrected chi connectivity index (χ1v) is 11.6. The quantitative estimate of drug-likeness (QED) is 0.190. The number of unbranched alkanes of at least 4 members (excludes halogenated alkanes) is 5. The molecule has 0 spiro atoms. The van der Waals surface area contributed by atoms with Crippen molar-refractivity contribution in [3.8, 4) is 17.1 Å². The van der Waals surface area contributed by atoms with E-state index in [4.69, 9.17) is 9.47 Å². The molecule has 2 aromatic rings. The second-order valence-corrected chi connectivity index (χ2v) is 7.68. The summed E-state index contributed by atoms with van der Waals surface area (Å²) in [5.74, 6) is 0.579. The van der Waals surface area contributed by atoms with Crippen LogP contribution in [-0.4, -0.2) is 29.2 Å². The zero-order chi connectivity index (χ0) is 22.2. The fraction of sp³-hybridized carbons (Fsp3) is 0.500. The number of carbonyl (C=O) groups excluding carboxylic acids is 1. The first-order chi connectivity index (χ1) is 15.2. The first kappa shape index (κ1) is 24.7. The Bertz CT molecular complexity index is 770. The van der Waals surface area contributed by atoms with E-state index in [1.165, 1.54) is 37.3 Å².